The molecule has 1 fully saturated rings. The summed E-state index contributed by atoms with van der Waals surface area (Å²) in [6.07, 6.45) is 2.10. The number of methoxy groups -OCH3 is 2. The first kappa shape index (κ1) is 12.2. The second kappa shape index (κ2) is 4.55. The van der Waals surface area contributed by atoms with E-state index in [1.165, 1.54) is 0 Å². The summed E-state index contributed by atoms with van der Waals surface area (Å²) >= 11 is 0. The van der Waals surface area contributed by atoms with Gasteiger partial charge in [0.25, 0.3) is 0 Å². The smallest absolute Gasteiger partial charge is 0.128 e. The molecule has 17 heavy (non-hydrogen) atoms. The highest BCUT2D eigenvalue weighted by atomic mass is 16.5. The van der Waals surface area contributed by atoms with Crippen LogP contribution in [0.25, 0.3) is 0 Å². The lowest BCUT2D eigenvalue weighted by atomic mass is 9.91. The molecule has 2 rings (SSSR count). The molecule has 1 aliphatic rings. The van der Waals surface area contributed by atoms with Crippen molar-refractivity contribution in [2.75, 3.05) is 14.2 Å². The second-order valence-corrected chi connectivity index (χ2v) is 4.60. The molecule has 4 heteroatoms. The molecule has 0 amide bonds. The van der Waals surface area contributed by atoms with Crippen molar-refractivity contribution < 1.29 is 14.6 Å². The summed E-state index contributed by atoms with van der Waals surface area (Å²) in [4.78, 5) is 0. The summed E-state index contributed by atoms with van der Waals surface area (Å²) in [5.41, 5.74) is 5.81. The van der Waals surface area contributed by atoms with Gasteiger partial charge in [-0.15, -0.1) is 0 Å². The van der Waals surface area contributed by atoms with Gasteiger partial charge in [0, 0.05) is 17.7 Å². The van der Waals surface area contributed by atoms with Crippen LogP contribution in [0.5, 0.6) is 11.5 Å². The summed E-state index contributed by atoms with van der Waals surface area (Å²) in [6, 6.07) is 5.54. The summed E-state index contributed by atoms with van der Waals surface area (Å²) in [7, 11) is 3.20. The van der Waals surface area contributed by atoms with E-state index in [2.05, 4.69) is 0 Å². The molecule has 0 radical (unpaired) electrons. The molecular weight excluding hydrogens is 218 g/mol. The molecule has 0 spiro atoms. The quantitative estimate of drug-likeness (QED) is 0.834. The summed E-state index contributed by atoms with van der Waals surface area (Å²) < 4.78 is 10.5. The third-order valence-corrected chi connectivity index (χ3v) is 3.44. The van der Waals surface area contributed by atoms with E-state index >= 15 is 0 Å². The standard InChI is InChI=1S/C13H19NO3/c1-16-10-3-4-11(12(7-10)17-2)13(15)6-5-9(14)8-13/h3-4,7,9,15H,5-6,8,14H2,1-2H3. The van der Waals surface area contributed by atoms with E-state index in [9.17, 15) is 5.11 Å². The minimum Gasteiger partial charge on any atom is -0.497 e. The molecule has 0 aliphatic heterocycles. The van der Waals surface area contributed by atoms with Gasteiger partial charge in [-0.3, -0.25) is 0 Å². The van der Waals surface area contributed by atoms with Crippen molar-refractivity contribution in [3.05, 3.63) is 23.8 Å². The maximum Gasteiger partial charge on any atom is 0.128 e. The van der Waals surface area contributed by atoms with E-state index < -0.39 is 5.60 Å². The van der Waals surface area contributed by atoms with Gasteiger partial charge >= 0.3 is 0 Å². The zero-order valence-corrected chi connectivity index (χ0v) is 10.3. The summed E-state index contributed by atoms with van der Waals surface area (Å²) in [5, 5.41) is 10.6. The van der Waals surface area contributed by atoms with E-state index in [0.717, 1.165) is 17.7 Å². The summed E-state index contributed by atoms with van der Waals surface area (Å²) in [5.74, 6) is 1.37. The van der Waals surface area contributed by atoms with Gasteiger partial charge in [-0.2, -0.15) is 0 Å². The van der Waals surface area contributed by atoms with Gasteiger partial charge in [-0.05, 0) is 31.4 Å². The first-order chi connectivity index (χ1) is 8.09. The maximum atomic E-state index is 10.6. The first-order valence-corrected chi connectivity index (χ1v) is 5.79. The number of aliphatic hydroxyl groups is 1. The van der Waals surface area contributed by atoms with E-state index in [0.29, 0.717) is 18.6 Å². The minimum absolute atomic E-state index is 0.0619. The maximum absolute atomic E-state index is 10.6. The highest BCUT2D eigenvalue weighted by molar-refractivity contribution is 5.44. The molecule has 2 atom stereocenters. The molecule has 0 saturated heterocycles. The van der Waals surface area contributed by atoms with Crippen LogP contribution in [0.4, 0.5) is 0 Å². The SMILES string of the molecule is COc1ccc(C2(O)CCC(N)C2)c(OC)c1. The van der Waals surface area contributed by atoms with Crippen LogP contribution in [0.15, 0.2) is 18.2 Å². The van der Waals surface area contributed by atoms with Crippen molar-refractivity contribution in [1.82, 2.24) is 0 Å². The fourth-order valence-corrected chi connectivity index (χ4v) is 2.49. The van der Waals surface area contributed by atoms with E-state index in [-0.39, 0.29) is 6.04 Å². The van der Waals surface area contributed by atoms with E-state index in [1.807, 2.05) is 12.1 Å². The Morgan fingerprint density at radius 1 is 1.35 bits per heavy atom. The Morgan fingerprint density at radius 3 is 2.65 bits per heavy atom. The Kier molecular flexibility index (Phi) is 3.26. The van der Waals surface area contributed by atoms with Crippen LogP contribution >= 0.6 is 0 Å². The van der Waals surface area contributed by atoms with Crippen LogP contribution in [0.2, 0.25) is 0 Å². The van der Waals surface area contributed by atoms with Gasteiger partial charge < -0.3 is 20.3 Å². The lowest BCUT2D eigenvalue weighted by Gasteiger charge is -2.25. The Bertz CT molecular complexity index is 408. The van der Waals surface area contributed by atoms with E-state index in [1.54, 1.807) is 20.3 Å². The molecule has 1 aliphatic carbocycles. The molecule has 94 valence electrons. The Balaban J connectivity index is 2.38. The second-order valence-electron chi connectivity index (χ2n) is 4.60. The van der Waals surface area contributed by atoms with Gasteiger partial charge in [0.15, 0.2) is 0 Å². The van der Waals surface area contributed by atoms with Crippen molar-refractivity contribution in [2.24, 2.45) is 5.73 Å². The van der Waals surface area contributed by atoms with Crippen molar-refractivity contribution in [1.29, 1.82) is 0 Å². The molecule has 0 heterocycles. The average Bonchev–Trinajstić information content (AvgIpc) is 2.69. The van der Waals surface area contributed by atoms with Gasteiger partial charge in [0.2, 0.25) is 0 Å². The lowest BCUT2D eigenvalue weighted by molar-refractivity contribution is 0.0405. The third kappa shape index (κ3) is 2.23. The predicted octanol–water partition coefficient (Wildman–Crippen LogP) is 1.40. The highest BCUT2D eigenvalue weighted by Gasteiger charge is 2.39. The number of hydrogen-bond donors (Lipinski definition) is 2. The number of hydrogen-bond acceptors (Lipinski definition) is 4. The molecular formula is C13H19NO3. The van der Waals surface area contributed by atoms with Crippen LogP contribution < -0.4 is 15.2 Å². The zero-order valence-electron chi connectivity index (χ0n) is 10.3. The van der Waals surface area contributed by atoms with Crippen LogP contribution in [0.3, 0.4) is 0 Å². The van der Waals surface area contributed by atoms with Crippen LogP contribution in [-0.4, -0.2) is 25.4 Å². The van der Waals surface area contributed by atoms with E-state index in [4.69, 9.17) is 15.2 Å². The van der Waals surface area contributed by atoms with Crippen molar-refractivity contribution in [2.45, 2.75) is 30.9 Å². The first-order valence-electron chi connectivity index (χ1n) is 5.79. The minimum atomic E-state index is -0.864. The molecule has 1 aromatic carbocycles. The molecule has 3 N–H and O–H groups in total. The van der Waals surface area contributed by atoms with Crippen molar-refractivity contribution in [3.63, 3.8) is 0 Å². The molecule has 0 aromatic heterocycles. The molecule has 0 bridgehead atoms. The highest BCUT2D eigenvalue weighted by Crippen LogP contribution is 2.43. The number of rotatable bonds is 3. The Labute approximate surface area is 101 Å². The zero-order chi connectivity index (χ0) is 12.5. The van der Waals surface area contributed by atoms with Gasteiger partial charge in [-0.25, -0.2) is 0 Å². The normalized spacial score (nSPS) is 28.1. The fraction of sp³-hybridized carbons (Fsp3) is 0.538. The molecule has 1 aromatic rings. The lowest BCUT2D eigenvalue weighted by Crippen LogP contribution is -2.26. The number of benzene rings is 1. The Hall–Kier alpha value is -1.26. The molecule has 2 unspecified atom stereocenters. The Morgan fingerprint density at radius 2 is 2.12 bits per heavy atom. The van der Waals surface area contributed by atoms with Crippen LogP contribution in [0.1, 0.15) is 24.8 Å². The average molecular weight is 237 g/mol. The third-order valence-electron chi connectivity index (χ3n) is 3.44. The largest absolute Gasteiger partial charge is 0.497 e. The van der Waals surface area contributed by atoms with Gasteiger partial charge in [-0.1, -0.05) is 0 Å². The monoisotopic (exact) mass is 237 g/mol. The predicted molar refractivity (Wildman–Crippen MR) is 65.3 cm³/mol. The molecule has 4 nitrogen and oxygen atoms in total. The van der Waals surface area contributed by atoms with Crippen molar-refractivity contribution in [3.8, 4) is 11.5 Å². The summed E-state index contributed by atoms with van der Waals surface area (Å²) in [6.45, 7) is 0. The van der Waals surface area contributed by atoms with Gasteiger partial charge in [0.1, 0.15) is 11.5 Å². The topological polar surface area (TPSA) is 64.7 Å². The fourth-order valence-electron chi connectivity index (χ4n) is 2.49. The molecule has 1 saturated carbocycles. The number of nitrogens with two attached hydrogens (primary N) is 1. The number of ether oxygens (including phenoxy) is 2. The van der Waals surface area contributed by atoms with Crippen LogP contribution in [-0.2, 0) is 5.60 Å². The van der Waals surface area contributed by atoms with Gasteiger partial charge in [0.05, 0.1) is 19.8 Å². The van der Waals surface area contributed by atoms with Crippen molar-refractivity contribution >= 4 is 0 Å². The van der Waals surface area contributed by atoms with Crippen LogP contribution in [0, 0.1) is 0 Å².